The molecule has 0 aliphatic carbocycles. The van der Waals surface area contributed by atoms with E-state index < -0.39 is 0 Å². The molecule has 1 aromatic carbocycles. The van der Waals surface area contributed by atoms with Crippen LogP contribution >= 0.6 is 0 Å². The molecule has 0 aliphatic rings. The van der Waals surface area contributed by atoms with Crippen LogP contribution in [0.3, 0.4) is 0 Å². The van der Waals surface area contributed by atoms with E-state index in [-0.39, 0.29) is 11.6 Å². The molecule has 0 N–H and O–H groups in total. The molecule has 0 saturated heterocycles. The minimum absolute atomic E-state index is 0.318. The molecule has 0 spiro atoms. The van der Waals surface area contributed by atoms with Gasteiger partial charge in [-0.15, -0.1) is 0 Å². The molecule has 0 amide bonds. The summed E-state index contributed by atoms with van der Waals surface area (Å²) in [5.74, 6) is -0.689. The first-order valence-corrected chi connectivity index (χ1v) is 5.41. The van der Waals surface area contributed by atoms with E-state index in [1.165, 1.54) is 12.1 Å². The van der Waals surface area contributed by atoms with E-state index in [0.29, 0.717) is 10.2 Å². The van der Waals surface area contributed by atoms with E-state index in [4.69, 9.17) is 0 Å². The van der Waals surface area contributed by atoms with Gasteiger partial charge >= 0.3 is 0 Å². The average molecular weight is 214 g/mol. The predicted molar refractivity (Wildman–Crippen MR) is 59.8 cm³/mol. The summed E-state index contributed by atoms with van der Waals surface area (Å²) in [5.41, 5.74) is 0.461. The van der Waals surface area contributed by atoms with Crippen LogP contribution in [0.2, 0.25) is 0 Å². The van der Waals surface area contributed by atoms with Crippen molar-refractivity contribution in [3.05, 3.63) is 29.8 Å². The smallest absolute Gasteiger partial charge is 0.184 e. The second-order valence-corrected chi connectivity index (χ2v) is 3.69. The molecule has 0 fully saturated rings. The summed E-state index contributed by atoms with van der Waals surface area (Å²) in [7, 11) is 0. The maximum atomic E-state index is 13.6. The fourth-order valence-electron chi connectivity index (χ4n) is 2.03. The molecule has 0 bridgehead atoms. The normalized spacial score (nSPS) is 11.8. The second-order valence-electron chi connectivity index (χ2n) is 3.69. The Morgan fingerprint density at radius 2 is 1.53 bits per heavy atom. The van der Waals surface area contributed by atoms with Crippen LogP contribution in [0.1, 0.15) is 20.8 Å². The van der Waals surface area contributed by atoms with Crippen LogP contribution < -0.4 is 4.48 Å². The molecule has 0 aliphatic heterocycles. The van der Waals surface area contributed by atoms with Crippen LogP contribution in [0, 0.1) is 11.6 Å². The maximum Gasteiger partial charge on any atom is 0.184 e. The number of hydrogen-bond donors (Lipinski definition) is 0. The molecule has 0 radical (unpaired) electrons. The molecular weight excluding hydrogens is 196 g/mol. The van der Waals surface area contributed by atoms with Gasteiger partial charge in [-0.25, -0.2) is 8.78 Å². The van der Waals surface area contributed by atoms with E-state index >= 15 is 0 Å². The Hall–Kier alpha value is -0.960. The van der Waals surface area contributed by atoms with Crippen LogP contribution in [0.5, 0.6) is 0 Å². The molecule has 0 heterocycles. The van der Waals surface area contributed by atoms with Crippen LogP contribution in [0.4, 0.5) is 14.5 Å². The predicted octanol–water partition coefficient (Wildman–Crippen LogP) is 3.33. The molecule has 1 nitrogen and oxygen atoms in total. The second kappa shape index (κ2) is 4.71. The molecule has 0 atom stereocenters. The molecule has 1 rings (SSSR count). The summed E-state index contributed by atoms with van der Waals surface area (Å²) >= 11 is 0. The molecular formula is C12H18F2N+. The van der Waals surface area contributed by atoms with Crippen molar-refractivity contribution in [2.75, 3.05) is 19.6 Å². The van der Waals surface area contributed by atoms with Crippen molar-refractivity contribution in [1.82, 2.24) is 4.48 Å². The van der Waals surface area contributed by atoms with Gasteiger partial charge in [0.1, 0.15) is 5.82 Å². The van der Waals surface area contributed by atoms with Gasteiger partial charge in [0.25, 0.3) is 0 Å². The molecule has 0 saturated carbocycles. The highest BCUT2D eigenvalue weighted by molar-refractivity contribution is 5.44. The van der Waals surface area contributed by atoms with Gasteiger partial charge in [0.15, 0.2) is 11.5 Å². The standard InChI is InChI=1S/C12H18F2N/c1-4-15(5-2,6-3)12-9-10(13)7-8-11(12)14/h7-9H,4-6H2,1-3H3/q+1. The lowest BCUT2D eigenvalue weighted by atomic mass is 10.2. The van der Waals surface area contributed by atoms with Crippen LogP contribution in [-0.2, 0) is 0 Å². The van der Waals surface area contributed by atoms with E-state index in [0.717, 1.165) is 25.7 Å². The topological polar surface area (TPSA) is 0 Å². The number of benzene rings is 1. The van der Waals surface area contributed by atoms with Gasteiger partial charge in [-0.1, -0.05) is 0 Å². The van der Waals surface area contributed by atoms with Crippen molar-refractivity contribution >= 4 is 5.69 Å². The number of hydrogen-bond acceptors (Lipinski definition) is 0. The van der Waals surface area contributed by atoms with Gasteiger partial charge in [0.05, 0.1) is 19.6 Å². The average Bonchev–Trinajstić information content (AvgIpc) is 2.26. The Morgan fingerprint density at radius 1 is 1.00 bits per heavy atom. The first-order valence-electron chi connectivity index (χ1n) is 5.41. The summed E-state index contributed by atoms with van der Waals surface area (Å²) in [6.07, 6.45) is 0. The lowest BCUT2D eigenvalue weighted by molar-refractivity contribution is 0.304. The van der Waals surface area contributed by atoms with Crippen molar-refractivity contribution < 1.29 is 8.78 Å². The van der Waals surface area contributed by atoms with Crippen molar-refractivity contribution in [1.29, 1.82) is 0 Å². The minimum atomic E-state index is -0.371. The summed E-state index contributed by atoms with van der Waals surface area (Å²) < 4.78 is 27.2. The number of halogens is 2. The fraction of sp³-hybridized carbons (Fsp3) is 0.500. The lowest BCUT2D eigenvalue weighted by Gasteiger charge is -2.35. The highest BCUT2D eigenvalue weighted by Crippen LogP contribution is 2.27. The van der Waals surface area contributed by atoms with E-state index in [9.17, 15) is 8.78 Å². The van der Waals surface area contributed by atoms with E-state index in [1.807, 2.05) is 20.8 Å². The van der Waals surface area contributed by atoms with E-state index in [2.05, 4.69) is 0 Å². The zero-order valence-corrected chi connectivity index (χ0v) is 9.56. The Balaban J connectivity index is 3.27. The third kappa shape index (κ3) is 2.17. The number of quaternary nitrogens is 1. The first-order chi connectivity index (χ1) is 7.09. The van der Waals surface area contributed by atoms with Gasteiger partial charge < -0.3 is 0 Å². The zero-order valence-electron chi connectivity index (χ0n) is 9.56. The maximum absolute atomic E-state index is 13.6. The number of rotatable bonds is 4. The van der Waals surface area contributed by atoms with Crippen LogP contribution in [0.25, 0.3) is 0 Å². The lowest BCUT2D eigenvalue weighted by Crippen LogP contribution is -2.49. The van der Waals surface area contributed by atoms with E-state index in [1.54, 1.807) is 0 Å². The quantitative estimate of drug-likeness (QED) is 0.674. The fourth-order valence-corrected chi connectivity index (χ4v) is 2.03. The van der Waals surface area contributed by atoms with Gasteiger partial charge in [-0.3, -0.25) is 4.48 Å². The third-order valence-corrected chi connectivity index (χ3v) is 3.24. The molecule has 0 aromatic heterocycles. The van der Waals surface area contributed by atoms with Crippen LogP contribution in [-0.4, -0.2) is 19.6 Å². The van der Waals surface area contributed by atoms with Gasteiger partial charge in [0.2, 0.25) is 0 Å². The first kappa shape index (κ1) is 12.1. The summed E-state index contributed by atoms with van der Waals surface area (Å²) in [6.45, 7) is 8.31. The van der Waals surface area contributed by atoms with Gasteiger partial charge in [0, 0.05) is 6.07 Å². The molecule has 15 heavy (non-hydrogen) atoms. The van der Waals surface area contributed by atoms with Crippen molar-refractivity contribution in [2.24, 2.45) is 0 Å². The highest BCUT2D eigenvalue weighted by atomic mass is 19.1. The number of nitrogens with zero attached hydrogens (tertiary/aromatic N) is 1. The van der Waals surface area contributed by atoms with Crippen LogP contribution in [0.15, 0.2) is 18.2 Å². The Kier molecular flexibility index (Phi) is 3.80. The summed E-state index contributed by atoms with van der Waals surface area (Å²) in [5, 5.41) is 0. The van der Waals surface area contributed by atoms with Crippen molar-refractivity contribution in [3.8, 4) is 0 Å². The van der Waals surface area contributed by atoms with Gasteiger partial charge in [-0.05, 0) is 32.9 Å². The SMILES string of the molecule is CC[N+](CC)(CC)c1cc(F)ccc1F. The minimum Gasteiger partial charge on any atom is -0.289 e. The largest absolute Gasteiger partial charge is 0.289 e. The van der Waals surface area contributed by atoms with Crippen molar-refractivity contribution in [3.63, 3.8) is 0 Å². The van der Waals surface area contributed by atoms with Crippen molar-refractivity contribution in [2.45, 2.75) is 20.8 Å². The third-order valence-electron chi connectivity index (χ3n) is 3.24. The summed E-state index contributed by atoms with van der Waals surface area (Å²) in [4.78, 5) is 0. The molecule has 3 heteroatoms. The Bertz CT molecular complexity index is 324. The Labute approximate surface area is 89.9 Å². The zero-order chi connectivity index (χ0) is 11.5. The highest BCUT2D eigenvalue weighted by Gasteiger charge is 2.28. The summed E-state index contributed by atoms with van der Waals surface area (Å²) in [6, 6.07) is 3.68. The molecule has 0 unspecified atom stereocenters. The Morgan fingerprint density at radius 3 is 2.00 bits per heavy atom. The molecule has 1 aromatic rings. The van der Waals surface area contributed by atoms with Gasteiger partial charge in [-0.2, -0.15) is 0 Å². The monoisotopic (exact) mass is 214 g/mol. The molecule has 84 valence electrons.